The van der Waals surface area contributed by atoms with E-state index in [1.165, 1.54) is 6.42 Å². The summed E-state index contributed by atoms with van der Waals surface area (Å²) in [4.78, 5) is 14.1. The fourth-order valence-electron chi connectivity index (χ4n) is 2.30. The Kier molecular flexibility index (Phi) is 3.63. The molecule has 6 nitrogen and oxygen atoms in total. The lowest BCUT2D eigenvalue weighted by molar-refractivity contribution is 0.0936. The number of aromatic nitrogens is 2. The van der Waals surface area contributed by atoms with Crippen LogP contribution < -0.4 is 11.1 Å². The van der Waals surface area contributed by atoms with E-state index in [-0.39, 0.29) is 5.91 Å². The Labute approximate surface area is 101 Å². The number of likely N-dealkylation sites (N-methyl/N-ethyl adjacent to an activating group) is 1. The lowest BCUT2D eigenvalue weighted by atomic mass is 10.2. The van der Waals surface area contributed by atoms with E-state index in [0.717, 1.165) is 19.5 Å². The van der Waals surface area contributed by atoms with Gasteiger partial charge in [0.1, 0.15) is 11.5 Å². The number of hydrogen-bond acceptors (Lipinski definition) is 4. The quantitative estimate of drug-likeness (QED) is 0.698. The maximum Gasteiger partial charge on any atom is 0.269 e. The normalized spacial score (nSPS) is 20.6. The molecule has 1 aliphatic heterocycles. The van der Waals surface area contributed by atoms with Gasteiger partial charge < -0.3 is 11.1 Å². The molecule has 1 aromatic heterocycles. The van der Waals surface area contributed by atoms with E-state index in [1.54, 1.807) is 6.07 Å². The van der Waals surface area contributed by atoms with Crippen molar-refractivity contribution >= 4 is 11.7 Å². The summed E-state index contributed by atoms with van der Waals surface area (Å²) in [5, 5.41) is 9.25. The third-order valence-corrected chi connectivity index (χ3v) is 3.25. The topological polar surface area (TPSA) is 87.0 Å². The van der Waals surface area contributed by atoms with Crippen LogP contribution in [0.25, 0.3) is 0 Å². The molecular weight excluding hydrogens is 218 g/mol. The first kappa shape index (κ1) is 11.9. The van der Waals surface area contributed by atoms with Crippen molar-refractivity contribution in [2.75, 3.05) is 25.4 Å². The highest BCUT2D eigenvalue weighted by atomic mass is 16.1. The number of H-pyrrole nitrogens is 1. The molecule has 4 N–H and O–H groups in total. The van der Waals surface area contributed by atoms with Gasteiger partial charge in [-0.3, -0.25) is 14.8 Å². The molecule has 1 unspecified atom stereocenters. The number of anilines is 1. The molecule has 1 atom stereocenters. The van der Waals surface area contributed by atoms with Gasteiger partial charge in [-0.15, -0.1) is 0 Å². The summed E-state index contributed by atoms with van der Waals surface area (Å²) >= 11 is 0. The zero-order valence-electron chi connectivity index (χ0n) is 10.1. The smallest absolute Gasteiger partial charge is 0.269 e. The highest BCUT2D eigenvalue weighted by Gasteiger charge is 2.23. The van der Waals surface area contributed by atoms with Crippen LogP contribution in [0, 0.1) is 0 Å². The molecular formula is C11H19N5O. The van der Waals surface area contributed by atoms with Crippen LogP contribution in [0.4, 0.5) is 5.82 Å². The SMILES string of the molecule is CCN1CCCC1CNC(=O)c1cc(N)n[nH]1. The molecule has 0 bridgehead atoms. The van der Waals surface area contributed by atoms with Crippen molar-refractivity contribution < 1.29 is 4.79 Å². The van der Waals surface area contributed by atoms with Gasteiger partial charge in [-0.05, 0) is 25.9 Å². The molecule has 0 saturated carbocycles. The Morgan fingerprint density at radius 2 is 2.59 bits per heavy atom. The van der Waals surface area contributed by atoms with Gasteiger partial charge >= 0.3 is 0 Å². The summed E-state index contributed by atoms with van der Waals surface area (Å²) in [6.45, 7) is 5.01. The van der Waals surface area contributed by atoms with Crippen LogP contribution in [0.5, 0.6) is 0 Å². The van der Waals surface area contributed by atoms with E-state index >= 15 is 0 Å². The fourth-order valence-corrected chi connectivity index (χ4v) is 2.30. The van der Waals surface area contributed by atoms with E-state index in [4.69, 9.17) is 5.73 Å². The second-order valence-corrected chi connectivity index (χ2v) is 4.34. The number of amides is 1. The second kappa shape index (κ2) is 5.18. The van der Waals surface area contributed by atoms with Crippen molar-refractivity contribution in [3.05, 3.63) is 11.8 Å². The minimum absolute atomic E-state index is 0.142. The van der Waals surface area contributed by atoms with E-state index < -0.39 is 0 Å². The predicted octanol–water partition coefficient (Wildman–Crippen LogP) is 0.206. The summed E-state index contributed by atoms with van der Waals surface area (Å²) in [7, 11) is 0. The molecule has 94 valence electrons. The Bertz CT molecular complexity index is 389. The zero-order chi connectivity index (χ0) is 12.3. The van der Waals surface area contributed by atoms with Crippen LogP contribution in [0.15, 0.2) is 6.07 Å². The van der Waals surface area contributed by atoms with Crippen molar-refractivity contribution in [1.29, 1.82) is 0 Å². The number of nitrogen functional groups attached to an aromatic ring is 1. The number of nitrogens with one attached hydrogen (secondary N) is 2. The molecule has 1 fully saturated rings. The number of aromatic amines is 1. The van der Waals surface area contributed by atoms with Crippen LogP contribution >= 0.6 is 0 Å². The maximum absolute atomic E-state index is 11.8. The van der Waals surface area contributed by atoms with Crippen molar-refractivity contribution in [2.24, 2.45) is 0 Å². The van der Waals surface area contributed by atoms with Gasteiger partial charge in [-0.2, -0.15) is 5.10 Å². The molecule has 1 aliphatic rings. The van der Waals surface area contributed by atoms with E-state index in [9.17, 15) is 4.79 Å². The maximum atomic E-state index is 11.8. The van der Waals surface area contributed by atoms with E-state index in [1.807, 2.05) is 0 Å². The number of nitrogens with zero attached hydrogens (tertiary/aromatic N) is 2. The predicted molar refractivity (Wildman–Crippen MR) is 65.6 cm³/mol. The first-order valence-electron chi connectivity index (χ1n) is 6.04. The average Bonchev–Trinajstić information content (AvgIpc) is 2.94. The van der Waals surface area contributed by atoms with Gasteiger partial charge in [-0.25, -0.2) is 0 Å². The van der Waals surface area contributed by atoms with Crippen LogP contribution in [0.2, 0.25) is 0 Å². The fraction of sp³-hybridized carbons (Fsp3) is 0.636. The molecule has 0 spiro atoms. The standard InChI is InChI=1S/C11H19N5O/c1-2-16-5-3-4-8(16)7-13-11(17)9-6-10(12)15-14-9/h6,8H,2-5,7H2,1H3,(H,13,17)(H3,12,14,15). The summed E-state index contributed by atoms with van der Waals surface area (Å²) in [6, 6.07) is 2.01. The molecule has 0 aromatic carbocycles. The number of rotatable bonds is 4. The number of hydrogen-bond donors (Lipinski definition) is 3. The molecule has 17 heavy (non-hydrogen) atoms. The summed E-state index contributed by atoms with van der Waals surface area (Å²) < 4.78 is 0. The monoisotopic (exact) mass is 237 g/mol. The van der Waals surface area contributed by atoms with Crippen LogP contribution in [-0.2, 0) is 0 Å². The van der Waals surface area contributed by atoms with E-state index in [0.29, 0.717) is 24.1 Å². The van der Waals surface area contributed by atoms with Gasteiger partial charge in [0.05, 0.1) is 0 Å². The number of carbonyl (C=O) groups is 1. The van der Waals surface area contributed by atoms with Crippen molar-refractivity contribution in [2.45, 2.75) is 25.8 Å². The number of carbonyl (C=O) groups excluding carboxylic acids is 1. The Hall–Kier alpha value is -1.56. The van der Waals surface area contributed by atoms with Crippen molar-refractivity contribution in [1.82, 2.24) is 20.4 Å². The molecule has 0 radical (unpaired) electrons. The third-order valence-electron chi connectivity index (χ3n) is 3.25. The molecule has 1 saturated heterocycles. The number of likely N-dealkylation sites (tertiary alicyclic amines) is 1. The van der Waals surface area contributed by atoms with Crippen molar-refractivity contribution in [3.8, 4) is 0 Å². The lowest BCUT2D eigenvalue weighted by Gasteiger charge is -2.22. The highest BCUT2D eigenvalue weighted by Crippen LogP contribution is 2.15. The molecule has 2 rings (SSSR count). The Balaban J connectivity index is 1.84. The van der Waals surface area contributed by atoms with Crippen LogP contribution in [0.3, 0.4) is 0 Å². The van der Waals surface area contributed by atoms with Gasteiger partial charge in [0, 0.05) is 18.7 Å². The number of nitrogens with two attached hydrogens (primary N) is 1. The first-order chi connectivity index (χ1) is 8.20. The van der Waals surface area contributed by atoms with Crippen LogP contribution in [0.1, 0.15) is 30.3 Å². The summed E-state index contributed by atoms with van der Waals surface area (Å²) in [5.41, 5.74) is 5.87. The minimum atomic E-state index is -0.142. The highest BCUT2D eigenvalue weighted by molar-refractivity contribution is 5.92. The average molecular weight is 237 g/mol. The van der Waals surface area contributed by atoms with E-state index in [2.05, 4.69) is 27.3 Å². The second-order valence-electron chi connectivity index (χ2n) is 4.34. The molecule has 1 amide bonds. The Morgan fingerprint density at radius 1 is 1.76 bits per heavy atom. The molecule has 2 heterocycles. The Morgan fingerprint density at radius 3 is 3.24 bits per heavy atom. The zero-order valence-corrected chi connectivity index (χ0v) is 10.1. The lowest BCUT2D eigenvalue weighted by Crippen LogP contribution is -2.40. The van der Waals surface area contributed by atoms with Gasteiger partial charge in [0.25, 0.3) is 5.91 Å². The third kappa shape index (κ3) is 2.76. The summed E-state index contributed by atoms with van der Waals surface area (Å²) in [6.07, 6.45) is 2.37. The molecule has 1 aromatic rings. The van der Waals surface area contributed by atoms with Gasteiger partial charge in [0.15, 0.2) is 0 Å². The minimum Gasteiger partial charge on any atom is -0.382 e. The summed E-state index contributed by atoms with van der Waals surface area (Å²) in [5.74, 6) is 0.198. The van der Waals surface area contributed by atoms with Crippen LogP contribution in [-0.4, -0.2) is 46.7 Å². The molecule has 6 heteroatoms. The van der Waals surface area contributed by atoms with Crippen molar-refractivity contribution in [3.63, 3.8) is 0 Å². The molecule has 0 aliphatic carbocycles. The van der Waals surface area contributed by atoms with Gasteiger partial charge in [0.2, 0.25) is 0 Å². The first-order valence-corrected chi connectivity index (χ1v) is 6.04. The van der Waals surface area contributed by atoms with Gasteiger partial charge in [-0.1, -0.05) is 6.92 Å². The largest absolute Gasteiger partial charge is 0.382 e.